The van der Waals surface area contributed by atoms with E-state index >= 15 is 0 Å². The lowest BCUT2D eigenvalue weighted by Gasteiger charge is -2.32. The Balaban J connectivity index is 1.94. The van der Waals surface area contributed by atoms with E-state index in [1.807, 2.05) is 12.1 Å². The number of carbonyl (C=O) groups is 1. The third-order valence-corrected chi connectivity index (χ3v) is 3.60. The SMILES string of the molecule is CC(=O)NCC1CCN(c2ccc(N)c(C#N)n2)CC1. The summed E-state index contributed by atoms with van der Waals surface area (Å²) in [6.45, 7) is 4.04. The second-order valence-corrected chi connectivity index (χ2v) is 5.09. The van der Waals surface area contributed by atoms with Crippen molar-refractivity contribution < 1.29 is 4.79 Å². The molecule has 1 aromatic heterocycles. The van der Waals surface area contributed by atoms with Gasteiger partial charge < -0.3 is 16.0 Å². The van der Waals surface area contributed by atoms with E-state index < -0.39 is 0 Å². The number of carbonyl (C=O) groups excluding carboxylic acids is 1. The lowest BCUT2D eigenvalue weighted by Crippen LogP contribution is -2.38. The summed E-state index contributed by atoms with van der Waals surface area (Å²) in [5, 5.41) is 11.8. The molecule has 1 aliphatic rings. The molecule has 0 saturated carbocycles. The van der Waals surface area contributed by atoms with E-state index in [2.05, 4.69) is 15.2 Å². The van der Waals surface area contributed by atoms with Crippen LogP contribution in [0.2, 0.25) is 0 Å². The van der Waals surface area contributed by atoms with Crippen molar-refractivity contribution in [1.29, 1.82) is 5.26 Å². The molecule has 1 fully saturated rings. The highest BCUT2D eigenvalue weighted by Crippen LogP contribution is 2.23. The molecule has 0 aliphatic carbocycles. The Bertz CT molecular complexity index is 529. The van der Waals surface area contributed by atoms with Gasteiger partial charge in [0.25, 0.3) is 0 Å². The van der Waals surface area contributed by atoms with E-state index in [9.17, 15) is 4.79 Å². The molecule has 0 aromatic carbocycles. The Labute approximate surface area is 118 Å². The number of anilines is 2. The van der Waals surface area contributed by atoms with Crippen LogP contribution in [0, 0.1) is 17.2 Å². The van der Waals surface area contributed by atoms with Crippen LogP contribution in [0.5, 0.6) is 0 Å². The average Bonchev–Trinajstić information content (AvgIpc) is 2.46. The molecule has 1 saturated heterocycles. The summed E-state index contributed by atoms with van der Waals surface area (Å²) in [6.07, 6.45) is 2.02. The predicted molar refractivity (Wildman–Crippen MR) is 77.0 cm³/mol. The fraction of sp³-hybridized carbons (Fsp3) is 0.500. The number of hydrogen-bond acceptors (Lipinski definition) is 5. The second kappa shape index (κ2) is 6.24. The summed E-state index contributed by atoms with van der Waals surface area (Å²) in [5.74, 6) is 1.33. The molecule has 20 heavy (non-hydrogen) atoms. The zero-order valence-corrected chi connectivity index (χ0v) is 11.6. The van der Waals surface area contributed by atoms with Crippen molar-refractivity contribution in [2.24, 2.45) is 5.92 Å². The van der Waals surface area contributed by atoms with Gasteiger partial charge in [0, 0.05) is 26.6 Å². The maximum atomic E-state index is 10.9. The minimum absolute atomic E-state index is 0.0197. The fourth-order valence-corrected chi connectivity index (χ4v) is 2.38. The number of nitriles is 1. The largest absolute Gasteiger partial charge is 0.396 e. The Morgan fingerprint density at radius 2 is 2.25 bits per heavy atom. The summed E-state index contributed by atoms with van der Waals surface area (Å²) in [5.41, 5.74) is 6.37. The molecule has 6 heteroatoms. The molecule has 0 bridgehead atoms. The number of nitrogens with one attached hydrogen (secondary N) is 1. The van der Waals surface area contributed by atoms with Crippen LogP contribution in [0.1, 0.15) is 25.5 Å². The number of nitrogens with two attached hydrogens (primary N) is 1. The van der Waals surface area contributed by atoms with E-state index in [0.717, 1.165) is 38.3 Å². The van der Waals surface area contributed by atoms with Gasteiger partial charge in [0.1, 0.15) is 11.9 Å². The number of amides is 1. The molecule has 2 heterocycles. The van der Waals surface area contributed by atoms with Crippen molar-refractivity contribution >= 4 is 17.4 Å². The van der Waals surface area contributed by atoms with Gasteiger partial charge in [-0.25, -0.2) is 4.98 Å². The van der Waals surface area contributed by atoms with Gasteiger partial charge in [-0.1, -0.05) is 0 Å². The number of aromatic nitrogens is 1. The van der Waals surface area contributed by atoms with Gasteiger partial charge in [-0.05, 0) is 30.9 Å². The van der Waals surface area contributed by atoms with E-state index in [-0.39, 0.29) is 11.6 Å². The van der Waals surface area contributed by atoms with Crippen LogP contribution in [0.25, 0.3) is 0 Å². The van der Waals surface area contributed by atoms with Gasteiger partial charge in [-0.2, -0.15) is 5.26 Å². The number of hydrogen-bond donors (Lipinski definition) is 2. The normalized spacial score (nSPS) is 15.7. The summed E-state index contributed by atoms with van der Waals surface area (Å²) in [4.78, 5) is 17.3. The van der Waals surface area contributed by atoms with Crippen LogP contribution in [-0.2, 0) is 4.79 Å². The van der Waals surface area contributed by atoms with Crippen LogP contribution >= 0.6 is 0 Å². The topological polar surface area (TPSA) is 95.0 Å². The molecule has 0 spiro atoms. The second-order valence-electron chi connectivity index (χ2n) is 5.09. The minimum atomic E-state index is 0.0197. The van der Waals surface area contributed by atoms with Crippen molar-refractivity contribution in [1.82, 2.24) is 10.3 Å². The van der Waals surface area contributed by atoms with Crippen molar-refractivity contribution in [2.75, 3.05) is 30.3 Å². The molecule has 1 amide bonds. The highest BCUT2D eigenvalue weighted by Gasteiger charge is 2.20. The van der Waals surface area contributed by atoms with Crippen molar-refractivity contribution in [3.05, 3.63) is 17.8 Å². The van der Waals surface area contributed by atoms with E-state index in [0.29, 0.717) is 11.6 Å². The maximum Gasteiger partial charge on any atom is 0.216 e. The highest BCUT2D eigenvalue weighted by molar-refractivity contribution is 5.72. The molecule has 6 nitrogen and oxygen atoms in total. The van der Waals surface area contributed by atoms with Gasteiger partial charge in [0.2, 0.25) is 5.91 Å². The van der Waals surface area contributed by atoms with Crippen molar-refractivity contribution in [3.63, 3.8) is 0 Å². The first-order valence-corrected chi connectivity index (χ1v) is 6.76. The Kier molecular flexibility index (Phi) is 4.41. The molecule has 1 aromatic rings. The monoisotopic (exact) mass is 273 g/mol. The molecular formula is C14H19N5O. The first-order chi connectivity index (χ1) is 9.60. The summed E-state index contributed by atoms with van der Waals surface area (Å²) >= 11 is 0. The zero-order chi connectivity index (χ0) is 14.5. The smallest absolute Gasteiger partial charge is 0.216 e. The molecule has 0 unspecified atom stereocenters. The summed E-state index contributed by atoms with van der Waals surface area (Å²) in [7, 11) is 0. The van der Waals surface area contributed by atoms with E-state index in [1.165, 1.54) is 6.92 Å². The van der Waals surface area contributed by atoms with Gasteiger partial charge in [0.05, 0.1) is 5.69 Å². The summed E-state index contributed by atoms with van der Waals surface area (Å²) in [6, 6.07) is 5.58. The summed E-state index contributed by atoms with van der Waals surface area (Å²) < 4.78 is 0. The van der Waals surface area contributed by atoms with Gasteiger partial charge in [-0.3, -0.25) is 4.79 Å². The van der Waals surface area contributed by atoms with Crippen LogP contribution in [0.15, 0.2) is 12.1 Å². The fourth-order valence-electron chi connectivity index (χ4n) is 2.38. The first-order valence-electron chi connectivity index (χ1n) is 6.76. The Morgan fingerprint density at radius 3 is 2.85 bits per heavy atom. The minimum Gasteiger partial charge on any atom is -0.396 e. The molecule has 1 aliphatic heterocycles. The third-order valence-electron chi connectivity index (χ3n) is 3.60. The van der Waals surface area contributed by atoms with E-state index in [1.54, 1.807) is 6.07 Å². The predicted octanol–water partition coefficient (Wildman–Crippen LogP) is 0.888. The van der Waals surface area contributed by atoms with Crippen LogP contribution in [0.4, 0.5) is 11.5 Å². The van der Waals surface area contributed by atoms with Crippen LogP contribution in [0.3, 0.4) is 0 Å². The quantitative estimate of drug-likeness (QED) is 0.852. The van der Waals surface area contributed by atoms with Crippen molar-refractivity contribution in [2.45, 2.75) is 19.8 Å². The molecule has 0 radical (unpaired) electrons. The Morgan fingerprint density at radius 1 is 1.55 bits per heavy atom. The first kappa shape index (κ1) is 14.1. The van der Waals surface area contributed by atoms with E-state index in [4.69, 9.17) is 11.0 Å². The van der Waals surface area contributed by atoms with Crippen LogP contribution in [-0.4, -0.2) is 30.5 Å². The molecule has 3 N–H and O–H groups in total. The number of nitrogens with zero attached hydrogens (tertiary/aromatic N) is 3. The average molecular weight is 273 g/mol. The van der Waals surface area contributed by atoms with Gasteiger partial charge in [0.15, 0.2) is 5.69 Å². The lowest BCUT2D eigenvalue weighted by atomic mass is 9.97. The number of piperidine rings is 1. The number of pyridine rings is 1. The molecule has 106 valence electrons. The Hall–Kier alpha value is -2.29. The molecule has 2 rings (SSSR count). The number of nitrogen functional groups attached to an aromatic ring is 1. The molecular weight excluding hydrogens is 254 g/mol. The maximum absolute atomic E-state index is 10.9. The lowest BCUT2D eigenvalue weighted by molar-refractivity contribution is -0.119. The number of rotatable bonds is 3. The van der Waals surface area contributed by atoms with Gasteiger partial charge in [-0.15, -0.1) is 0 Å². The van der Waals surface area contributed by atoms with Gasteiger partial charge >= 0.3 is 0 Å². The standard InChI is InChI=1S/C14H19N5O/c1-10(20)17-9-11-4-6-19(7-5-11)14-3-2-12(16)13(8-15)18-14/h2-3,11H,4-7,9,16H2,1H3,(H,17,20). The van der Waals surface area contributed by atoms with Crippen molar-refractivity contribution in [3.8, 4) is 6.07 Å². The zero-order valence-electron chi connectivity index (χ0n) is 11.6. The highest BCUT2D eigenvalue weighted by atomic mass is 16.1. The van der Waals surface area contributed by atoms with Crippen LogP contribution < -0.4 is 16.0 Å². The third kappa shape index (κ3) is 3.38. The molecule has 0 atom stereocenters.